The Balaban J connectivity index is 3.74. The van der Waals surface area contributed by atoms with Crippen molar-refractivity contribution in [2.24, 2.45) is 0 Å². The van der Waals surface area contributed by atoms with Crippen molar-refractivity contribution in [1.82, 2.24) is 0 Å². The predicted octanol–water partition coefficient (Wildman–Crippen LogP) is 4.57. The van der Waals surface area contributed by atoms with Crippen LogP contribution in [0.2, 0.25) is 0 Å². The molecule has 0 unspecified atom stereocenters. The number of aliphatic hydroxyl groups excluding tert-OH is 2. The fraction of sp³-hybridized carbons (Fsp3) is 0.600. The van der Waals surface area contributed by atoms with Crippen LogP contribution in [0.15, 0.2) is 48.6 Å². The molecule has 0 aromatic rings. The molecular formula is C25H40O6. The molecule has 0 saturated carbocycles. The average Bonchev–Trinajstić information content (AvgIpc) is 2.74. The molecule has 0 aliphatic heterocycles. The van der Waals surface area contributed by atoms with E-state index >= 15 is 0 Å². The van der Waals surface area contributed by atoms with E-state index in [1.807, 2.05) is 12.2 Å². The van der Waals surface area contributed by atoms with Gasteiger partial charge in [-0.1, -0.05) is 68.4 Å². The van der Waals surface area contributed by atoms with E-state index in [-0.39, 0.29) is 19.6 Å². The zero-order chi connectivity index (χ0) is 23.2. The van der Waals surface area contributed by atoms with Crippen LogP contribution in [-0.4, -0.2) is 47.6 Å². The molecule has 0 amide bonds. The molecule has 0 rings (SSSR count). The second-order valence-corrected chi connectivity index (χ2v) is 7.32. The van der Waals surface area contributed by atoms with Crippen molar-refractivity contribution in [3.8, 4) is 0 Å². The van der Waals surface area contributed by atoms with E-state index < -0.39 is 24.1 Å². The summed E-state index contributed by atoms with van der Waals surface area (Å²) in [4.78, 5) is 22.2. The number of rotatable bonds is 18. The summed E-state index contributed by atoms with van der Waals surface area (Å²) in [5, 5.41) is 19.4. The first-order chi connectivity index (χ1) is 15.0. The lowest BCUT2D eigenvalue weighted by Gasteiger charge is -2.11. The van der Waals surface area contributed by atoms with Crippen LogP contribution < -0.4 is 0 Å². The first-order valence-electron chi connectivity index (χ1n) is 11.2. The minimum Gasteiger partial charge on any atom is -0.463 e. The molecule has 0 aliphatic carbocycles. The molecule has 0 spiro atoms. The molecule has 0 aliphatic rings. The summed E-state index contributed by atoms with van der Waals surface area (Å²) in [6.45, 7) is 3.03. The van der Waals surface area contributed by atoms with E-state index in [0.717, 1.165) is 19.3 Å². The lowest BCUT2D eigenvalue weighted by Crippen LogP contribution is -2.24. The molecule has 0 saturated heterocycles. The molecule has 6 heteroatoms. The normalized spacial score (nSPS) is 14.1. The van der Waals surface area contributed by atoms with Gasteiger partial charge in [-0.2, -0.15) is 0 Å². The number of carbonyl (C=O) groups excluding carboxylic acids is 2. The zero-order valence-electron chi connectivity index (χ0n) is 19.1. The van der Waals surface area contributed by atoms with E-state index in [2.05, 4.69) is 36.0 Å². The van der Waals surface area contributed by atoms with Gasteiger partial charge < -0.3 is 19.7 Å². The maximum absolute atomic E-state index is 11.6. The summed E-state index contributed by atoms with van der Waals surface area (Å²) in [6.07, 6.45) is 22.3. The lowest BCUT2D eigenvalue weighted by atomic mass is 10.1. The van der Waals surface area contributed by atoms with E-state index in [9.17, 15) is 19.8 Å². The largest absolute Gasteiger partial charge is 0.463 e. The molecule has 176 valence electrons. The van der Waals surface area contributed by atoms with E-state index in [1.54, 1.807) is 12.2 Å². The Hall–Kier alpha value is -2.18. The molecule has 0 aromatic carbocycles. The van der Waals surface area contributed by atoms with Gasteiger partial charge in [0, 0.05) is 13.3 Å². The van der Waals surface area contributed by atoms with Crippen LogP contribution in [0.5, 0.6) is 0 Å². The topological polar surface area (TPSA) is 93.1 Å². The summed E-state index contributed by atoms with van der Waals surface area (Å²) >= 11 is 0. The summed E-state index contributed by atoms with van der Waals surface area (Å²) in [5.74, 6) is -0.958. The number of unbranched alkanes of at least 4 members (excludes halogenated alkanes) is 3. The number of hydrogen-bond acceptors (Lipinski definition) is 6. The highest BCUT2D eigenvalue weighted by molar-refractivity contribution is 5.69. The molecule has 2 N–H and O–H groups in total. The Labute approximate surface area is 187 Å². The fourth-order valence-corrected chi connectivity index (χ4v) is 2.50. The number of hydrogen-bond donors (Lipinski definition) is 2. The minimum atomic E-state index is -1.03. The number of allylic oxidation sites excluding steroid dienone is 7. The molecule has 0 heterocycles. The van der Waals surface area contributed by atoms with Gasteiger partial charge in [0.15, 0.2) is 0 Å². The Morgan fingerprint density at radius 2 is 1.55 bits per heavy atom. The van der Waals surface area contributed by atoms with Crippen LogP contribution in [0.1, 0.15) is 71.6 Å². The van der Waals surface area contributed by atoms with Gasteiger partial charge in [-0.25, -0.2) is 0 Å². The molecule has 0 fully saturated rings. The summed E-state index contributed by atoms with van der Waals surface area (Å²) in [7, 11) is 0. The Morgan fingerprint density at radius 3 is 2.26 bits per heavy atom. The highest BCUT2D eigenvalue weighted by atomic mass is 16.6. The van der Waals surface area contributed by atoms with Crippen LogP contribution in [-0.2, 0) is 19.1 Å². The van der Waals surface area contributed by atoms with Crippen LogP contribution >= 0.6 is 0 Å². The van der Waals surface area contributed by atoms with Gasteiger partial charge in [-0.05, 0) is 38.5 Å². The monoisotopic (exact) mass is 436 g/mol. The fourth-order valence-electron chi connectivity index (χ4n) is 2.50. The van der Waals surface area contributed by atoms with Crippen LogP contribution in [0, 0.1) is 0 Å². The molecule has 31 heavy (non-hydrogen) atoms. The van der Waals surface area contributed by atoms with Gasteiger partial charge in [0.1, 0.15) is 19.3 Å². The second kappa shape index (κ2) is 21.1. The van der Waals surface area contributed by atoms with Gasteiger partial charge in [0.25, 0.3) is 0 Å². The Bertz CT molecular complexity index is 577. The van der Waals surface area contributed by atoms with Crippen molar-refractivity contribution < 1.29 is 29.3 Å². The van der Waals surface area contributed by atoms with Crippen molar-refractivity contribution in [2.75, 3.05) is 13.2 Å². The first-order valence-corrected chi connectivity index (χ1v) is 11.2. The van der Waals surface area contributed by atoms with Crippen molar-refractivity contribution in [1.29, 1.82) is 0 Å². The minimum absolute atomic E-state index is 0.152. The Kier molecular flexibility index (Phi) is 19.6. The second-order valence-electron chi connectivity index (χ2n) is 7.32. The van der Waals surface area contributed by atoms with Gasteiger partial charge in [0.2, 0.25) is 0 Å². The maximum atomic E-state index is 11.6. The SMILES string of the molecule is CCCCC/C=C\C/C=C\C/C=C\C=C\[C@@H](O)CCCC(=O)OC[C@@H](O)COC(C)=O. The third-order valence-corrected chi connectivity index (χ3v) is 4.23. The smallest absolute Gasteiger partial charge is 0.305 e. The maximum Gasteiger partial charge on any atom is 0.305 e. The van der Waals surface area contributed by atoms with E-state index in [0.29, 0.717) is 12.8 Å². The van der Waals surface area contributed by atoms with Gasteiger partial charge in [0.05, 0.1) is 6.10 Å². The van der Waals surface area contributed by atoms with E-state index in [1.165, 1.54) is 26.2 Å². The first kappa shape index (κ1) is 28.8. The molecule has 0 radical (unpaired) electrons. The summed E-state index contributed by atoms with van der Waals surface area (Å²) < 4.78 is 9.51. The zero-order valence-corrected chi connectivity index (χ0v) is 19.1. The average molecular weight is 437 g/mol. The third-order valence-electron chi connectivity index (χ3n) is 4.23. The predicted molar refractivity (Wildman–Crippen MR) is 123 cm³/mol. The lowest BCUT2D eigenvalue weighted by molar-refractivity contribution is -0.151. The number of esters is 2. The van der Waals surface area contributed by atoms with Crippen LogP contribution in [0.3, 0.4) is 0 Å². The Morgan fingerprint density at radius 1 is 0.871 bits per heavy atom. The number of ether oxygens (including phenoxy) is 2. The van der Waals surface area contributed by atoms with Crippen molar-refractivity contribution in [3.63, 3.8) is 0 Å². The van der Waals surface area contributed by atoms with Crippen molar-refractivity contribution in [3.05, 3.63) is 48.6 Å². The summed E-state index contributed by atoms with van der Waals surface area (Å²) in [6, 6.07) is 0. The van der Waals surface area contributed by atoms with Crippen molar-refractivity contribution >= 4 is 11.9 Å². The van der Waals surface area contributed by atoms with Crippen LogP contribution in [0.25, 0.3) is 0 Å². The highest BCUT2D eigenvalue weighted by Gasteiger charge is 2.11. The number of aliphatic hydroxyl groups is 2. The number of carbonyl (C=O) groups is 2. The van der Waals surface area contributed by atoms with Gasteiger partial charge in [-0.15, -0.1) is 0 Å². The van der Waals surface area contributed by atoms with Crippen LogP contribution in [0.4, 0.5) is 0 Å². The van der Waals surface area contributed by atoms with E-state index in [4.69, 9.17) is 4.74 Å². The highest BCUT2D eigenvalue weighted by Crippen LogP contribution is 2.05. The van der Waals surface area contributed by atoms with Gasteiger partial charge in [-0.3, -0.25) is 9.59 Å². The third kappa shape index (κ3) is 22.3. The molecule has 0 aromatic heterocycles. The standard InChI is InChI=1S/C25H40O6/c1-3-4-5-6-7-8-9-10-11-12-13-14-15-17-23(27)18-16-19-25(29)31-21-24(28)20-30-22(2)26/h7-8,10-11,13-15,17,23-24,27-28H,3-6,9,12,16,18-21H2,1-2H3/b8-7-,11-10-,14-13-,17-15+/t23-,24+/m1/s1. The quantitative estimate of drug-likeness (QED) is 0.141. The molecule has 6 nitrogen and oxygen atoms in total. The van der Waals surface area contributed by atoms with Crippen molar-refractivity contribution in [2.45, 2.75) is 83.8 Å². The summed E-state index contributed by atoms with van der Waals surface area (Å²) in [5.41, 5.74) is 0. The molecule has 2 atom stereocenters. The molecular weight excluding hydrogens is 396 g/mol. The van der Waals surface area contributed by atoms with Gasteiger partial charge >= 0.3 is 11.9 Å². The molecule has 0 bridgehead atoms.